The molecule has 0 fully saturated rings. The first-order valence-electron chi connectivity index (χ1n) is 9.99. The summed E-state index contributed by atoms with van der Waals surface area (Å²) < 4.78 is 11.9. The van der Waals surface area contributed by atoms with Crippen molar-refractivity contribution in [3.8, 4) is 34.1 Å². The molecule has 4 aromatic rings. The van der Waals surface area contributed by atoms with E-state index >= 15 is 0 Å². The van der Waals surface area contributed by atoms with Gasteiger partial charge in [0.05, 0.1) is 5.56 Å². The van der Waals surface area contributed by atoms with Crippen LogP contribution in [0.3, 0.4) is 0 Å². The number of benzene rings is 3. The highest BCUT2D eigenvalue weighted by atomic mass is 16.5. The van der Waals surface area contributed by atoms with Gasteiger partial charge in [-0.15, -0.1) is 0 Å². The van der Waals surface area contributed by atoms with Crippen molar-refractivity contribution in [2.45, 2.75) is 32.8 Å². The summed E-state index contributed by atoms with van der Waals surface area (Å²) in [7, 11) is 0. The Kier molecular flexibility index (Phi) is 5.32. The van der Waals surface area contributed by atoms with Gasteiger partial charge >= 0.3 is 0 Å². The SMILES string of the molecule is CC(C)(C)c1cc(OCc2c(-c3ccccc3)noc2-c2ccccc2)ccc1O. The standard InChI is InChI=1S/C26H25NO3/c1-26(2,3)22-16-20(14-15-23(22)28)29-17-21-24(18-10-6-4-7-11-18)27-30-25(21)19-12-8-5-9-13-19/h4-16,28H,17H2,1-3H3. The molecule has 0 aliphatic heterocycles. The van der Waals surface area contributed by atoms with Crippen LogP contribution in [0.25, 0.3) is 22.6 Å². The van der Waals surface area contributed by atoms with Crippen LogP contribution in [0.2, 0.25) is 0 Å². The molecule has 0 amide bonds. The molecule has 1 N–H and O–H groups in total. The molecule has 0 atom stereocenters. The Morgan fingerprint density at radius 3 is 2.13 bits per heavy atom. The topological polar surface area (TPSA) is 55.5 Å². The average Bonchev–Trinajstić information content (AvgIpc) is 3.17. The number of rotatable bonds is 5. The van der Waals surface area contributed by atoms with E-state index in [1.807, 2.05) is 66.7 Å². The van der Waals surface area contributed by atoms with E-state index < -0.39 is 0 Å². The lowest BCUT2D eigenvalue weighted by atomic mass is 9.86. The zero-order chi connectivity index (χ0) is 21.1. The van der Waals surface area contributed by atoms with Crippen LogP contribution >= 0.6 is 0 Å². The lowest BCUT2D eigenvalue weighted by molar-refractivity contribution is 0.304. The second kappa shape index (κ2) is 8.07. The van der Waals surface area contributed by atoms with Crippen molar-refractivity contribution >= 4 is 0 Å². The molecule has 3 aromatic carbocycles. The van der Waals surface area contributed by atoms with Gasteiger partial charge in [0, 0.05) is 16.7 Å². The van der Waals surface area contributed by atoms with E-state index in [-0.39, 0.29) is 11.2 Å². The highest BCUT2D eigenvalue weighted by Crippen LogP contribution is 2.36. The summed E-state index contributed by atoms with van der Waals surface area (Å²) in [5.41, 5.74) is 4.24. The molecule has 1 heterocycles. The van der Waals surface area contributed by atoms with Crippen LogP contribution in [0.1, 0.15) is 31.9 Å². The Bertz CT molecular complexity index is 1070. The van der Waals surface area contributed by atoms with Gasteiger partial charge in [-0.25, -0.2) is 0 Å². The normalized spacial score (nSPS) is 11.4. The summed E-state index contributed by atoms with van der Waals surface area (Å²) in [5, 5.41) is 14.6. The van der Waals surface area contributed by atoms with Crippen molar-refractivity contribution in [3.63, 3.8) is 0 Å². The quantitative estimate of drug-likeness (QED) is 0.411. The summed E-state index contributed by atoms with van der Waals surface area (Å²) in [6.07, 6.45) is 0. The highest BCUT2D eigenvalue weighted by molar-refractivity contribution is 5.72. The number of phenolic OH excluding ortho intramolecular Hbond substituents is 1. The summed E-state index contributed by atoms with van der Waals surface area (Å²) in [6.45, 7) is 6.48. The van der Waals surface area contributed by atoms with Crippen molar-refractivity contribution in [1.29, 1.82) is 0 Å². The predicted molar refractivity (Wildman–Crippen MR) is 119 cm³/mol. The first-order chi connectivity index (χ1) is 14.4. The minimum Gasteiger partial charge on any atom is -0.508 e. The second-order valence-electron chi connectivity index (χ2n) is 8.29. The predicted octanol–water partition coefficient (Wildman–Crippen LogP) is 6.59. The maximum Gasteiger partial charge on any atom is 0.174 e. The molecule has 0 aliphatic carbocycles. The summed E-state index contributed by atoms with van der Waals surface area (Å²) >= 11 is 0. The van der Waals surface area contributed by atoms with Crippen molar-refractivity contribution < 1.29 is 14.4 Å². The lowest BCUT2D eigenvalue weighted by Gasteiger charge is -2.21. The molecule has 30 heavy (non-hydrogen) atoms. The largest absolute Gasteiger partial charge is 0.508 e. The molecule has 152 valence electrons. The third-order valence-corrected chi connectivity index (χ3v) is 5.03. The number of phenols is 1. The van der Waals surface area contributed by atoms with Crippen LogP contribution in [0.15, 0.2) is 83.4 Å². The molecule has 0 aliphatic rings. The van der Waals surface area contributed by atoms with E-state index in [0.29, 0.717) is 18.1 Å². The Morgan fingerprint density at radius 2 is 1.50 bits per heavy atom. The third-order valence-electron chi connectivity index (χ3n) is 5.03. The zero-order valence-corrected chi connectivity index (χ0v) is 17.4. The first kappa shape index (κ1) is 19.8. The fourth-order valence-corrected chi connectivity index (χ4v) is 3.44. The van der Waals surface area contributed by atoms with E-state index in [9.17, 15) is 5.11 Å². The number of hydrogen-bond donors (Lipinski definition) is 1. The Balaban J connectivity index is 1.71. The van der Waals surface area contributed by atoms with Crippen LogP contribution in [-0.4, -0.2) is 10.3 Å². The molecule has 0 bridgehead atoms. The number of hydrogen-bond acceptors (Lipinski definition) is 4. The van der Waals surface area contributed by atoms with E-state index in [0.717, 1.165) is 27.9 Å². The minimum absolute atomic E-state index is 0.189. The fraction of sp³-hybridized carbons (Fsp3) is 0.192. The van der Waals surface area contributed by atoms with Gasteiger partial charge in [0.2, 0.25) is 0 Å². The van der Waals surface area contributed by atoms with Crippen LogP contribution in [0.5, 0.6) is 11.5 Å². The molecule has 4 heteroatoms. The average molecular weight is 399 g/mol. The molecular formula is C26H25NO3. The van der Waals surface area contributed by atoms with E-state index in [1.54, 1.807) is 12.1 Å². The van der Waals surface area contributed by atoms with Crippen molar-refractivity contribution in [2.24, 2.45) is 0 Å². The highest BCUT2D eigenvalue weighted by Gasteiger charge is 2.21. The molecule has 0 saturated carbocycles. The van der Waals surface area contributed by atoms with Gasteiger partial charge in [-0.05, 0) is 23.6 Å². The molecule has 4 rings (SSSR count). The smallest absolute Gasteiger partial charge is 0.174 e. The third kappa shape index (κ3) is 4.08. The Hall–Kier alpha value is -3.53. The van der Waals surface area contributed by atoms with Gasteiger partial charge in [0.25, 0.3) is 0 Å². The van der Waals surface area contributed by atoms with Crippen molar-refractivity contribution in [3.05, 3.63) is 90.0 Å². The number of nitrogens with zero attached hydrogens (tertiary/aromatic N) is 1. The van der Waals surface area contributed by atoms with Gasteiger partial charge in [-0.2, -0.15) is 0 Å². The summed E-state index contributed by atoms with van der Waals surface area (Å²) in [5.74, 6) is 1.66. The van der Waals surface area contributed by atoms with Crippen LogP contribution in [-0.2, 0) is 12.0 Å². The maximum absolute atomic E-state index is 10.2. The van der Waals surface area contributed by atoms with Gasteiger partial charge < -0.3 is 14.4 Å². The van der Waals surface area contributed by atoms with Gasteiger partial charge in [0.1, 0.15) is 23.8 Å². The number of ether oxygens (including phenoxy) is 1. The zero-order valence-electron chi connectivity index (χ0n) is 17.4. The fourth-order valence-electron chi connectivity index (χ4n) is 3.44. The minimum atomic E-state index is -0.189. The molecule has 0 unspecified atom stereocenters. The van der Waals surface area contributed by atoms with E-state index in [4.69, 9.17) is 9.26 Å². The molecular weight excluding hydrogens is 374 g/mol. The van der Waals surface area contributed by atoms with Gasteiger partial charge in [-0.1, -0.05) is 86.6 Å². The molecule has 4 nitrogen and oxygen atoms in total. The monoisotopic (exact) mass is 399 g/mol. The van der Waals surface area contributed by atoms with E-state index in [2.05, 4.69) is 25.9 Å². The van der Waals surface area contributed by atoms with Crippen LogP contribution in [0.4, 0.5) is 0 Å². The van der Waals surface area contributed by atoms with E-state index in [1.165, 1.54) is 0 Å². The summed E-state index contributed by atoms with van der Waals surface area (Å²) in [4.78, 5) is 0. The lowest BCUT2D eigenvalue weighted by Crippen LogP contribution is -2.11. The first-order valence-corrected chi connectivity index (χ1v) is 9.99. The van der Waals surface area contributed by atoms with Gasteiger partial charge in [0.15, 0.2) is 5.76 Å². The van der Waals surface area contributed by atoms with Gasteiger partial charge in [-0.3, -0.25) is 0 Å². The van der Waals surface area contributed by atoms with Crippen molar-refractivity contribution in [2.75, 3.05) is 0 Å². The Morgan fingerprint density at radius 1 is 0.867 bits per heavy atom. The van der Waals surface area contributed by atoms with Crippen molar-refractivity contribution in [1.82, 2.24) is 5.16 Å². The molecule has 0 spiro atoms. The maximum atomic E-state index is 10.2. The summed E-state index contributed by atoms with van der Waals surface area (Å²) in [6, 6.07) is 25.2. The number of aromatic nitrogens is 1. The molecule has 1 aromatic heterocycles. The molecule has 0 saturated heterocycles. The second-order valence-corrected chi connectivity index (χ2v) is 8.29. The number of aromatic hydroxyl groups is 1. The van der Waals surface area contributed by atoms with Crippen LogP contribution < -0.4 is 4.74 Å². The van der Waals surface area contributed by atoms with Crippen LogP contribution in [0, 0.1) is 0 Å². The molecule has 0 radical (unpaired) electrons. The Labute approximate surface area is 176 Å².